The average molecular weight is 290 g/mol. The molecule has 0 aliphatic carbocycles. The van der Waals surface area contributed by atoms with E-state index in [1.807, 2.05) is 0 Å². The van der Waals surface area contributed by atoms with Crippen molar-refractivity contribution in [3.8, 4) is 11.5 Å². The standard InChI is InChI=1S/C14H14N2O5/c1-16-8-6-21-13(18)11(8)12(15-14(16)19)7-3-4-9(17)10(5-7)20-2/h3-5,12,17H,6H2,1-2H3,(H,15,19). The molecule has 110 valence electrons. The molecule has 2 amide bonds. The molecule has 1 atom stereocenters. The van der Waals surface area contributed by atoms with Crippen molar-refractivity contribution in [3.05, 3.63) is 35.0 Å². The number of phenols is 1. The number of methoxy groups -OCH3 is 1. The number of hydrogen-bond donors (Lipinski definition) is 2. The van der Waals surface area contributed by atoms with Gasteiger partial charge < -0.3 is 19.9 Å². The largest absolute Gasteiger partial charge is 0.504 e. The molecule has 1 aromatic carbocycles. The van der Waals surface area contributed by atoms with E-state index in [0.717, 1.165) is 0 Å². The summed E-state index contributed by atoms with van der Waals surface area (Å²) in [6.07, 6.45) is 0. The zero-order valence-corrected chi connectivity index (χ0v) is 11.5. The Bertz CT molecular complexity index is 667. The Morgan fingerprint density at radius 1 is 1.43 bits per heavy atom. The lowest BCUT2D eigenvalue weighted by molar-refractivity contribution is -0.136. The van der Waals surface area contributed by atoms with Crippen molar-refractivity contribution in [1.82, 2.24) is 10.2 Å². The third-order valence-electron chi connectivity index (χ3n) is 3.67. The number of ether oxygens (including phenoxy) is 2. The van der Waals surface area contributed by atoms with E-state index in [9.17, 15) is 14.7 Å². The van der Waals surface area contributed by atoms with E-state index >= 15 is 0 Å². The van der Waals surface area contributed by atoms with Gasteiger partial charge in [0, 0.05) is 7.05 Å². The maximum Gasteiger partial charge on any atom is 0.338 e. The number of urea groups is 1. The molecule has 0 radical (unpaired) electrons. The van der Waals surface area contributed by atoms with Crippen LogP contribution in [0.4, 0.5) is 4.79 Å². The minimum atomic E-state index is -0.617. The second-order valence-corrected chi connectivity index (χ2v) is 4.81. The van der Waals surface area contributed by atoms with Crippen LogP contribution >= 0.6 is 0 Å². The summed E-state index contributed by atoms with van der Waals surface area (Å²) in [4.78, 5) is 25.3. The second-order valence-electron chi connectivity index (χ2n) is 4.81. The molecule has 0 saturated heterocycles. The molecule has 0 saturated carbocycles. The summed E-state index contributed by atoms with van der Waals surface area (Å²) in [7, 11) is 3.01. The van der Waals surface area contributed by atoms with Crippen LogP contribution in [0.1, 0.15) is 11.6 Å². The minimum absolute atomic E-state index is 0.0105. The first kappa shape index (κ1) is 13.3. The molecule has 2 aliphatic heterocycles. The Morgan fingerprint density at radius 3 is 2.90 bits per heavy atom. The van der Waals surface area contributed by atoms with Crippen molar-refractivity contribution in [1.29, 1.82) is 0 Å². The molecule has 7 nitrogen and oxygen atoms in total. The van der Waals surface area contributed by atoms with Gasteiger partial charge in [-0.05, 0) is 17.7 Å². The predicted molar refractivity (Wildman–Crippen MR) is 71.7 cm³/mol. The molecule has 2 heterocycles. The summed E-state index contributed by atoms with van der Waals surface area (Å²) < 4.78 is 10.1. The van der Waals surface area contributed by atoms with E-state index in [2.05, 4.69) is 5.32 Å². The summed E-state index contributed by atoms with van der Waals surface area (Å²) in [6.45, 7) is 0.0871. The van der Waals surface area contributed by atoms with E-state index in [1.54, 1.807) is 19.2 Å². The first-order chi connectivity index (χ1) is 10.0. The highest BCUT2D eigenvalue weighted by Crippen LogP contribution is 2.37. The van der Waals surface area contributed by atoms with Crippen LogP contribution in [0.15, 0.2) is 29.5 Å². The first-order valence-corrected chi connectivity index (χ1v) is 6.34. The summed E-state index contributed by atoms with van der Waals surface area (Å²) in [6, 6.07) is 3.74. The fraction of sp³-hybridized carbons (Fsp3) is 0.286. The van der Waals surface area contributed by atoms with Crippen LogP contribution < -0.4 is 10.1 Å². The molecule has 0 bridgehead atoms. The Labute approximate surface area is 120 Å². The number of rotatable bonds is 2. The molecule has 1 unspecified atom stereocenters. The van der Waals surface area contributed by atoms with E-state index in [4.69, 9.17) is 9.47 Å². The number of hydrogen-bond acceptors (Lipinski definition) is 5. The van der Waals surface area contributed by atoms with Crippen LogP contribution in [-0.4, -0.2) is 42.8 Å². The molecule has 0 spiro atoms. The zero-order chi connectivity index (χ0) is 15.1. The Morgan fingerprint density at radius 2 is 2.19 bits per heavy atom. The quantitative estimate of drug-likeness (QED) is 0.790. The van der Waals surface area contributed by atoms with E-state index < -0.39 is 12.0 Å². The van der Waals surface area contributed by atoms with Gasteiger partial charge in [0.15, 0.2) is 11.5 Å². The van der Waals surface area contributed by atoms with Gasteiger partial charge in [0.1, 0.15) is 6.61 Å². The Hall–Kier alpha value is -2.70. The molecule has 1 aromatic rings. The number of cyclic esters (lactones) is 1. The normalized spacial score (nSPS) is 21.0. The van der Waals surface area contributed by atoms with Crippen LogP contribution in [0.2, 0.25) is 0 Å². The number of carbonyl (C=O) groups is 2. The van der Waals surface area contributed by atoms with Gasteiger partial charge in [0.2, 0.25) is 0 Å². The highest BCUT2D eigenvalue weighted by Gasteiger charge is 2.40. The van der Waals surface area contributed by atoms with Crippen LogP contribution in [0.3, 0.4) is 0 Å². The summed E-state index contributed by atoms with van der Waals surface area (Å²) in [5, 5.41) is 12.4. The molecule has 0 aromatic heterocycles. The molecule has 2 aliphatic rings. The molecule has 2 N–H and O–H groups in total. The van der Waals surface area contributed by atoms with Gasteiger partial charge in [-0.25, -0.2) is 9.59 Å². The molecule has 21 heavy (non-hydrogen) atoms. The van der Waals surface area contributed by atoms with E-state index in [1.165, 1.54) is 18.1 Å². The monoisotopic (exact) mass is 290 g/mol. The number of likely N-dealkylation sites (N-methyl/N-ethyl adjacent to an activating group) is 1. The molecule has 7 heteroatoms. The van der Waals surface area contributed by atoms with Gasteiger partial charge in [-0.3, -0.25) is 4.90 Å². The maximum absolute atomic E-state index is 12.0. The second kappa shape index (κ2) is 4.69. The highest BCUT2D eigenvalue weighted by atomic mass is 16.5. The van der Waals surface area contributed by atoms with Crippen molar-refractivity contribution < 1.29 is 24.2 Å². The minimum Gasteiger partial charge on any atom is -0.504 e. The summed E-state index contributed by atoms with van der Waals surface area (Å²) in [5.41, 5.74) is 1.60. The third-order valence-corrected chi connectivity index (χ3v) is 3.67. The Kier molecular flexibility index (Phi) is 2.97. The topological polar surface area (TPSA) is 88.1 Å². The smallest absolute Gasteiger partial charge is 0.338 e. The highest BCUT2D eigenvalue weighted by molar-refractivity contribution is 5.97. The van der Waals surface area contributed by atoms with Crippen molar-refractivity contribution in [2.24, 2.45) is 0 Å². The number of phenolic OH excluding ortho intramolecular Hbond substituents is 1. The zero-order valence-electron chi connectivity index (χ0n) is 11.5. The lowest BCUT2D eigenvalue weighted by Gasteiger charge is -2.30. The van der Waals surface area contributed by atoms with Gasteiger partial charge >= 0.3 is 12.0 Å². The summed E-state index contributed by atoms with van der Waals surface area (Å²) in [5.74, 6) is -0.188. The van der Waals surface area contributed by atoms with Crippen molar-refractivity contribution in [2.75, 3.05) is 20.8 Å². The van der Waals surface area contributed by atoms with Gasteiger partial charge in [-0.15, -0.1) is 0 Å². The molecular weight excluding hydrogens is 276 g/mol. The SMILES string of the molecule is COc1cc(C2NC(=O)N(C)C3=C2C(=O)OC3)ccc1O. The number of nitrogens with zero attached hydrogens (tertiary/aromatic N) is 1. The average Bonchev–Trinajstić information content (AvgIpc) is 2.86. The Balaban J connectivity index is 2.09. The van der Waals surface area contributed by atoms with Gasteiger partial charge in [-0.1, -0.05) is 6.07 Å². The number of benzene rings is 1. The lowest BCUT2D eigenvalue weighted by atomic mass is 9.95. The number of carbonyl (C=O) groups excluding carboxylic acids is 2. The number of amides is 2. The fourth-order valence-corrected chi connectivity index (χ4v) is 2.51. The number of aromatic hydroxyl groups is 1. The first-order valence-electron chi connectivity index (χ1n) is 6.34. The van der Waals surface area contributed by atoms with E-state index in [0.29, 0.717) is 16.8 Å². The third kappa shape index (κ3) is 1.97. The predicted octanol–water partition coefficient (Wildman–Crippen LogP) is 0.908. The maximum atomic E-state index is 12.0. The van der Waals surface area contributed by atoms with Gasteiger partial charge in [0.25, 0.3) is 0 Å². The molecule has 0 fully saturated rings. The van der Waals surface area contributed by atoms with Crippen LogP contribution in [0, 0.1) is 0 Å². The molecular formula is C14H14N2O5. The van der Waals surface area contributed by atoms with Crippen LogP contribution in [-0.2, 0) is 9.53 Å². The van der Waals surface area contributed by atoms with E-state index in [-0.39, 0.29) is 24.1 Å². The van der Waals surface area contributed by atoms with Gasteiger partial charge in [0.05, 0.1) is 24.4 Å². The van der Waals surface area contributed by atoms with Crippen LogP contribution in [0.25, 0.3) is 0 Å². The number of esters is 1. The van der Waals surface area contributed by atoms with Crippen LogP contribution in [0.5, 0.6) is 11.5 Å². The fourth-order valence-electron chi connectivity index (χ4n) is 2.51. The van der Waals surface area contributed by atoms with Crippen molar-refractivity contribution in [2.45, 2.75) is 6.04 Å². The van der Waals surface area contributed by atoms with Crippen molar-refractivity contribution >= 4 is 12.0 Å². The number of nitrogens with one attached hydrogen (secondary N) is 1. The lowest BCUT2D eigenvalue weighted by Crippen LogP contribution is -2.45. The molecule has 3 rings (SSSR count). The summed E-state index contributed by atoms with van der Waals surface area (Å²) >= 11 is 0. The van der Waals surface area contributed by atoms with Crippen molar-refractivity contribution in [3.63, 3.8) is 0 Å². The van der Waals surface area contributed by atoms with Gasteiger partial charge in [-0.2, -0.15) is 0 Å².